The minimum Gasteiger partial charge on any atom is -0.508 e. The Morgan fingerprint density at radius 2 is 1.70 bits per heavy atom. The van der Waals surface area contributed by atoms with Crippen molar-refractivity contribution in [2.45, 2.75) is 64.3 Å². The Morgan fingerprint density at radius 1 is 1.00 bits per heavy atom. The van der Waals surface area contributed by atoms with E-state index in [1.54, 1.807) is 24.5 Å². The number of phenolic OH excluding ortho intramolecular Hbond substituents is 1. The Morgan fingerprint density at radius 3 is 2.40 bits per heavy atom. The Balaban J connectivity index is 1.37. The van der Waals surface area contributed by atoms with Gasteiger partial charge in [0, 0.05) is 24.4 Å². The number of carbonyl (C=O) groups excluding carboxylic acids is 2. The first-order valence-electron chi connectivity index (χ1n) is 13.6. The Hall–Kier alpha value is -4.30. The number of imide groups is 1. The van der Waals surface area contributed by atoms with Crippen molar-refractivity contribution in [3.8, 4) is 22.7 Å². The van der Waals surface area contributed by atoms with Gasteiger partial charge in [-0.25, -0.2) is 4.68 Å². The molecule has 0 unspecified atom stereocenters. The Bertz CT molecular complexity index is 1440. The fourth-order valence-electron chi connectivity index (χ4n) is 4.62. The number of hydrogen-bond acceptors (Lipinski definition) is 6. The standard InChI is InChI=1S/C32H37N5O3/c1-32(2,3)26-9-5-6-10-28(26)37-29(23-16-18-34-19-17-23)21-24(36-37)8-4-7-11-30(39)35-31(40)27(33)20-22-12-14-25(38)15-13-22/h5-6,9-10,12-19,21,27,38H,4,7-8,11,20,33H2,1-3H3,(H,35,39,40)/t27-/m0/s1. The number of nitrogens with one attached hydrogen (secondary N) is 1. The number of aromatic nitrogens is 3. The number of nitrogens with two attached hydrogens (primary N) is 1. The molecule has 8 heteroatoms. The maximum absolute atomic E-state index is 12.4. The molecule has 0 saturated heterocycles. The number of rotatable bonds is 10. The molecule has 4 aromatic rings. The first-order chi connectivity index (χ1) is 19.1. The molecule has 2 aromatic carbocycles. The number of aryl methyl sites for hydroxylation is 1. The van der Waals surface area contributed by atoms with E-state index >= 15 is 0 Å². The van der Waals surface area contributed by atoms with Gasteiger partial charge in [0.25, 0.3) is 0 Å². The van der Waals surface area contributed by atoms with E-state index in [1.165, 1.54) is 17.7 Å². The fraction of sp³-hybridized carbons (Fsp3) is 0.312. The van der Waals surface area contributed by atoms with E-state index in [-0.39, 0.29) is 29.9 Å². The maximum Gasteiger partial charge on any atom is 0.243 e. The van der Waals surface area contributed by atoms with Crippen molar-refractivity contribution in [2.75, 3.05) is 0 Å². The quantitative estimate of drug-likeness (QED) is 0.247. The van der Waals surface area contributed by atoms with E-state index in [2.05, 4.69) is 55.3 Å². The van der Waals surface area contributed by atoms with Crippen molar-refractivity contribution in [3.63, 3.8) is 0 Å². The molecule has 4 N–H and O–H groups in total. The van der Waals surface area contributed by atoms with Crippen LogP contribution in [-0.2, 0) is 27.8 Å². The number of aromatic hydroxyl groups is 1. The zero-order chi connectivity index (χ0) is 28.7. The summed E-state index contributed by atoms with van der Waals surface area (Å²) >= 11 is 0. The summed E-state index contributed by atoms with van der Waals surface area (Å²) in [5.41, 5.74) is 11.9. The van der Waals surface area contributed by atoms with E-state index in [9.17, 15) is 14.7 Å². The summed E-state index contributed by atoms with van der Waals surface area (Å²) < 4.78 is 2.01. The predicted molar refractivity (Wildman–Crippen MR) is 156 cm³/mol. The second-order valence-electron chi connectivity index (χ2n) is 11.0. The van der Waals surface area contributed by atoms with Crippen LogP contribution in [0.1, 0.15) is 56.9 Å². The SMILES string of the molecule is CC(C)(C)c1ccccc1-n1nc(CCCCC(=O)NC(=O)[C@@H](N)Cc2ccc(O)cc2)cc1-c1ccncc1. The van der Waals surface area contributed by atoms with E-state index in [0.29, 0.717) is 12.8 Å². The van der Waals surface area contributed by atoms with Crippen LogP contribution in [0.4, 0.5) is 0 Å². The lowest BCUT2D eigenvalue weighted by atomic mass is 9.86. The third-order valence-electron chi connectivity index (χ3n) is 6.75. The zero-order valence-corrected chi connectivity index (χ0v) is 23.3. The molecule has 0 spiro atoms. The van der Waals surface area contributed by atoms with Crippen molar-refractivity contribution < 1.29 is 14.7 Å². The molecule has 1 atom stereocenters. The Labute approximate surface area is 235 Å². The van der Waals surface area contributed by atoms with E-state index in [4.69, 9.17) is 10.8 Å². The van der Waals surface area contributed by atoms with Gasteiger partial charge in [0.05, 0.1) is 23.1 Å². The first-order valence-corrected chi connectivity index (χ1v) is 13.6. The van der Waals surface area contributed by atoms with Crippen molar-refractivity contribution in [1.29, 1.82) is 0 Å². The monoisotopic (exact) mass is 539 g/mol. The van der Waals surface area contributed by atoms with Crippen LogP contribution in [0.25, 0.3) is 16.9 Å². The molecule has 2 heterocycles. The fourth-order valence-corrected chi connectivity index (χ4v) is 4.62. The number of benzene rings is 2. The second-order valence-corrected chi connectivity index (χ2v) is 11.0. The number of unbranched alkanes of at least 4 members (excludes halogenated alkanes) is 1. The first kappa shape index (κ1) is 28.7. The molecule has 0 aliphatic carbocycles. The highest BCUT2D eigenvalue weighted by Crippen LogP contribution is 2.32. The van der Waals surface area contributed by atoms with Gasteiger partial charge < -0.3 is 10.8 Å². The Kier molecular flexibility index (Phi) is 9.11. The van der Waals surface area contributed by atoms with Gasteiger partial charge in [-0.15, -0.1) is 0 Å². The molecule has 0 radical (unpaired) electrons. The summed E-state index contributed by atoms with van der Waals surface area (Å²) in [6.45, 7) is 6.58. The number of carbonyl (C=O) groups is 2. The van der Waals surface area contributed by atoms with E-state index in [1.807, 2.05) is 22.9 Å². The summed E-state index contributed by atoms with van der Waals surface area (Å²) in [4.78, 5) is 28.9. The number of nitrogens with zero attached hydrogens (tertiary/aromatic N) is 3. The van der Waals surface area contributed by atoms with Gasteiger partial charge in [0.2, 0.25) is 11.8 Å². The van der Waals surface area contributed by atoms with Crippen LogP contribution in [0.5, 0.6) is 5.75 Å². The largest absolute Gasteiger partial charge is 0.508 e. The molecule has 0 fully saturated rings. The van der Waals surface area contributed by atoms with Crippen LogP contribution < -0.4 is 11.1 Å². The summed E-state index contributed by atoms with van der Waals surface area (Å²) in [6.07, 6.45) is 6.11. The third kappa shape index (κ3) is 7.42. The lowest BCUT2D eigenvalue weighted by Crippen LogP contribution is -2.44. The molecule has 0 aliphatic rings. The van der Waals surface area contributed by atoms with E-state index in [0.717, 1.165) is 34.6 Å². The van der Waals surface area contributed by atoms with Crippen LogP contribution in [0.15, 0.2) is 79.1 Å². The highest BCUT2D eigenvalue weighted by atomic mass is 16.3. The van der Waals surface area contributed by atoms with Crippen LogP contribution in [0, 0.1) is 0 Å². The molecule has 2 aromatic heterocycles. The normalized spacial score (nSPS) is 12.2. The molecule has 40 heavy (non-hydrogen) atoms. The molecular weight excluding hydrogens is 502 g/mol. The van der Waals surface area contributed by atoms with Gasteiger partial charge in [-0.1, -0.05) is 51.1 Å². The number of hydrogen-bond donors (Lipinski definition) is 3. The van der Waals surface area contributed by atoms with Crippen molar-refractivity contribution in [1.82, 2.24) is 20.1 Å². The molecule has 4 rings (SSSR count). The molecule has 0 saturated carbocycles. The summed E-state index contributed by atoms with van der Waals surface area (Å²) in [7, 11) is 0. The average Bonchev–Trinajstić information content (AvgIpc) is 3.36. The number of pyridine rings is 1. The van der Waals surface area contributed by atoms with Crippen molar-refractivity contribution >= 4 is 11.8 Å². The van der Waals surface area contributed by atoms with Gasteiger partial charge >= 0.3 is 0 Å². The van der Waals surface area contributed by atoms with Gasteiger partial charge in [-0.2, -0.15) is 5.10 Å². The zero-order valence-electron chi connectivity index (χ0n) is 23.3. The van der Waals surface area contributed by atoms with Crippen LogP contribution in [0.2, 0.25) is 0 Å². The minimum atomic E-state index is -0.847. The van der Waals surface area contributed by atoms with Gasteiger partial charge in [0.1, 0.15) is 5.75 Å². The van der Waals surface area contributed by atoms with Crippen LogP contribution >= 0.6 is 0 Å². The smallest absolute Gasteiger partial charge is 0.243 e. The number of amides is 2. The lowest BCUT2D eigenvalue weighted by molar-refractivity contribution is -0.131. The number of para-hydroxylation sites is 1. The average molecular weight is 540 g/mol. The maximum atomic E-state index is 12.4. The van der Waals surface area contributed by atoms with Crippen LogP contribution in [0.3, 0.4) is 0 Å². The summed E-state index contributed by atoms with van der Waals surface area (Å²) in [5.74, 6) is -0.698. The van der Waals surface area contributed by atoms with Crippen LogP contribution in [-0.4, -0.2) is 37.7 Å². The molecule has 208 valence electrons. The minimum absolute atomic E-state index is 0.0599. The van der Waals surface area contributed by atoms with Gasteiger partial charge in [-0.05, 0) is 78.6 Å². The molecule has 2 amide bonds. The predicted octanol–water partition coefficient (Wildman–Crippen LogP) is 4.86. The lowest BCUT2D eigenvalue weighted by Gasteiger charge is -2.23. The number of phenols is 1. The van der Waals surface area contributed by atoms with E-state index < -0.39 is 11.9 Å². The van der Waals surface area contributed by atoms with Gasteiger partial charge in [0.15, 0.2) is 0 Å². The third-order valence-corrected chi connectivity index (χ3v) is 6.75. The highest BCUT2D eigenvalue weighted by molar-refractivity contribution is 5.97. The van der Waals surface area contributed by atoms with Gasteiger partial charge in [-0.3, -0.25) is 19.9 Å². The molecule has 0 aliphatic heterocycles. The van der Waals surface area contributed by atoms with Crippen molar-refractivity contribution in [3.05, 3.63) is 95.9 Å². The molecule has 0 bridgehead atoms. The second kappa shape index (κ2) is 12.7. The van der Waals surface area contributed by atoms with Crippen molar-refractivity contribution in [2.24, 2.45) is 5.73 Å². The molecular formula is C32H37N5O3. The summed E-state index contributed by atoms with van der Waals surface area (Å²) in [5, 5.41) is 16.8. The highest BCUT2D eigenvalue weighted by Gasteiger charge is 2.22. The molecule has 8 nitrogen and oxygen atoms in total. The summed E-state index contributed by atoms with van der Waals surface area (Å²) in [6, 6.07) is 20.0. The topological polar surface area (TPSA) is 123 Å².